The third-order valence-electron chi connectivity index (χ3n) is 3.12. The van der Waals surface area contributed by atoms with E-state index in [0.717, 1.165) is 0 Å². The highest BCUT2D eigenvalue weighted by atomic mass is 32.2. The van der Waals surface area contributed by atoms with Crippen molar-refractivity contribution < 1.29 is 18.3 Å². The first kappa shape index (κ1) is 18.2. The summed E-state index contributed by atoms with van der Waals surface area (Å²) < 4.78 is 29.6. The molecule has 7 heteroatoms. The van der Waals surface area contributed by atoms with E-state index < -0.39 is 5.76 Å². The standard InChI is InChI=1S/C17H18F2N2O2S/c1-23-11-10-20-16(22)14-4-2-3-5-15(14)21-12-6-8-13(9-7-12)24-17(18)19/h2-9,17,21H,10-11H2,1H3,(H,20,22). The monoisotopic (exact) mass is 352 g/mol. The van der Waals surface area contributed by atoms with E-state index in [-0.39, 0.29) is 5.91 Å². The molecule has 0 atom stereocenters. The van der Waals surface area contributed by atoms with Crippen LogP contribution < -0.4 is 10.6 Å². The van der Waals surface area contributed by atoms with Crippen molar-refractivity contribution in [2.75, 3.05) is 25.6 Å². The van der Waals surface area contributed by atoms with Gasteiger partial charge >= 0.3 is 0 Å². The van der Waals surface area contributed by atoms with Crippen molar-refractivity contribution in [2.24, 2.45) is 0 Å². The number of benzene rings is 2. The second-order valence-electron chi connectivity index (χ2n) is 4.82. The molecule has 1 amide bonds. The molecule has 0 aliphatic heterocycles. The Balaban J connectivity index is 2.08. The maximum Gasteiger partial charge on any atom is 0.288 e. The number of nitrogens with one attached hydrogen (secondary N) is 2. The highest BCUT2D eigenvalue weighted by Crippen LogP contribution is 2.27. The molecule has 0 heterocycles. The van der Waals surface area contributed by atoms with E-state index >= 15 is 0 Å². The first-order valence-corrected chi connectivity index (χ1v) is 8.16. The van der Waals surface area contributed by atoms with Crippen LogP contribution in [-0.4, -0.2) is 31.9 Å². The van der Waals surface area contributed by atoms with Crippen LogP contribution in [0.4, 0.5) is 20.2 Å². The molecule has 0 aromatic heterocycles. The van der Waals surface area contributed by atoms with Crippen LogP contribution in [0.15, 0.2) is 53.4 Å². The van der Waals surface area contributed by atoms with Gasteiger partial charge in [-0.3, -0.25) is 4.79 Å². The summed E-state index contributed by atoms with van der Waals surface area (Å²) in [6.07, 6.45) is 0. The second-order valence-corrected chi connectivity index (χ2v) is 5.89. The number of alkyl halides is 2. The maximum atomic E-state index is 12.3. The number of methoxy groups -OCH3 is 1. The first-order chi connectivity index (χ1) is 11.6. The van der Waals surface area contributed by atoms with Crippen molar-refractivity contribution in [2.45, 2.75) is 10.7 Å². The minimum Gasteiger partial charge on any atom is -0.383 e. The molecule has 4 nitrogen and oxygen atoms in total. The van der Waals surface area contributed by atoms with Gasteiger partial charge in [0.15, 0.2) is 0 Å². The summed E-state index contributed by atoms with van der Waals surface area (Å²) in [5.41, 5.74) is 1.85. The first-order valence-electron chi connectivity index (χ1n) is 7.28. The van der Waals surface area contributed by atoms with E-state index in [1.54, 1.807) is 49.6 Å². The Morgan fingerprint density at radius 1 is 1.17 bits per heavy atom. The largest absolute Gasteiger partial charge is 0.383 e. The molecule has 2 aromatic rings. The molecular formula is C17H18F2N2O2S. The molecule has 2 rings (SSSR count). The van der Waals surface area contributed by atoms with Crippen molar-refractivity contribution in [3.63, 3.8) is 0 Å². The average molecular weight is 352 g/mol. The Labute approximate surface area is 143 Å². The minimum absolute atomic E-state index is 0.208. The Morgan fingerprint density at radius 2 is 1.88 bits per heavy atom. The van der Waals surface area contributed by atoms with Crippen LogP contribution in [0.5, 0.6) is 0 Å². The lowest BCUT2D eigenvalue weighted by atomic mass is 10.1. The Hall–Kier alpha value is -2.12. The van der Waals surface area contributed by atoms with E-state index in [1.165, 1.54) is 0 Å². The fourth-order valence-corrected chi connectivity index (χ4v) is 2.53. The van der Waals surface area contributed by atoms with Crippen LogP contribution in [0, 0.1) is 0 Å². The van der Waals surface area contributed by atoms with E-state index in [1.807, 2.05) is 6.07 Å². The van der Waals surface area contributed by atoms with Crippen molar-refractivity contribution >= 4 is 29.0 Å². The number of para-hydroxylation sites is 1. The lowest BCUT2D eigenvalue weighted by Gasteiger charge is -2.12. The predicted octanol–water partition coefficient (Wildman–Crippen LogP) is 4.12. The summed E-state index contributed by atoms with van der Waals surface area (Å²) in [6, 6.07) is 13.7. The van der Waals surface area contributed by atoms with Crippen molar-refractivity contribution in [1.29, 1.82) is 0 Å². The zero-order valence-electron chi connectivity index (χ0n) is 13.1. The Kier molecular flexibility index (Phi) is 7.02. The molecule has 0 aliphatic carbocycles. The number of rotatable bonds is 8. The number of thioether (sulfide) groups is 1. The van der Waals surface area contributed by atoms with Crippen LogP contribution in [0.1, 0.15) is 10.4 Å². The molecule has 0 spiro atoms. The maximum absolute atomic E-state index is 12.3. The van der Waals surface area contributed by atoms with Gasteiger partial charge in [-0.1, -0.05) is 23.9 Å². The molecule has 2 N–H and O–H groups in total. The van der Waals surface area contributed by atoms with Crippen LogP contribution in [0.2, 0.25) is 0 Å². The average Bonchev–Trinajstić information content (AvgIpc) is 2.57. The van der Waals surface area contributed by atoms with Crippen molar-refractivity contribution in [3.05, 3.63) is 54.1 Å². The summed E-state index contributed by atoms with van der Waals surface area (Å²) in [5.74, 6) is -2.65. The number of hydrogen-bond donors (Lipinski definition) is 2. The minimum atomic E-state index is -2.44. The third kappa shape index (κ3) is 5.50. The van der Waals surface area contributed by atoms with Crippen molar-refractivity contribution in [1.82, 2.24) is 5.32 Å². The lowest BCUT2D eigenvalue weighted by Crippen LogP contribution is -2.27. The number of carbonyl (C=O) groups is 1. The molecule has 24 heavy (non-hydrogen) atoms. The predicted molar refractivity (Wildman–Crippen MR) is 92.2 cm³/mol. The van der Waals surface area contributed by atoms with Gasteiger partial charge in [0.1, 0.15) is 0 Å². The second kappa shape index (κ2) is 9.24. The number of carbonyl (C=O) groups excluding carboxylic acids is 1. The van der Waals surface area contributed by atoms with Gasteiger partial charge < -0.3 is 15.4 Å². The molecule has 0 unspecified atom stereocenters. The molecule has 0 radical (unpaired) electrons. The van der Waals surface area contributed by atoms with Crippen LogP contribution in [-0.2, 0) is 4.74 Å². The highest BCUT2D eigenvalue weighted by molar-refractivity contribution is 7.99. The molecule has 128 valence electrons. The number of ether oxygens (including phenoxy) is 1. The molecule has 2 aromatic carbocycles. The van der Waals surface area contributed by atoms with Crippen LogP contribution in [0.25, 0.3) is 0 Å². The summed E-state index contributed by atoms with van der Waals surface area (Å²) >= 11 is 0.496. The van der Waals surface area contributed by atoms with Gasteiger partial charge in [-0.2, -0.15) is 8.78 Å². The lowest BCUT2D eigenvalue weighted by molar-refractivity contribution is 0.0938. The van der Waals surface area contributed by atoms with Crippen molar-refractivity contribution in [3.8, 4) is 0 Å². The Bertz CT molecular complexity index is 666. The molecule has 0 fully saturated rings. The molecule has 0 saturated heterocycles. The number of halogens is 2. The highest BCUT2D eigenvalue weighted by Gasteiger charge is 2.11. The van der Waals surface area contributed by atoms with E-state index in [2.05, 4.69) is 10.6 Å². The van der Waals surface area contributed by atoms with Gasteiger partial charge in [-0.05, 0) is 36.4 Å². The number of hydrogen-bond acceptors (Lipinski definition) is 4. The van der Waals surface area contributed by atoms with E-state index in [0.29, 0.717) is 46.7 Å². The fourth-order valence-electron chi connectivity index (χ4n) is 2.03. The van der Waals surface area contributed by atoms with Gasteiger partial charge in [0.05, 0.1) is 17.9 Å². The summed E-state index contributed by atoms with van der Waals surface area (Å²) in [4.78, 5) is 12.7. The van der Waals surface area contributed by atoms with E-state index in [9.17, 15) is 13.6 Å². The normalized spacial score (nSPS) is 10.7. The van der Waals surface area contributed by atoms with Gasteiger partial charge in [0.25, 0.3) is 11.7 Å². The molecule has 0 saturated carbocycles. The summed E-state index contributed by atoms with van der Waals surface area (Å²) in [6.45, 7) is 0.855. The smallest absolute Gasteiger partial charge is 0.288 e. The number of amides is 1. The quantitative estimate of drug-likeness (QED) is 0.554. The summed E-state index contributed by atoms with van der Waals surface area (Å²) in [7, 11) is 1.57. The summed E-state index contributed by atoms with van der Waals surface area (Å²) in [5, 5.41) is 5.90. The Morgan fingerprint density at radius 3 is 2.54 bits per heavy atom. The molecule has 0 bridgehead atoms. The topological polar surface area (TPSA) is 50.4 Å². The number of anilines is 2. The van der Waals surface area contributed by atoms with E-state index in [4.69, 9.17) is 4.74 Å². The van der Waals surface area contributed by atoms with Gasteiger partial charge in [-0.25, -0.2) is 0 Å². The van der Waals surface area contributed by atoms with Gasteiger partial charge in [-0.15, -0.1) is 0 Å². The fraction of sp³-hybridized carbons (Fsp3) is 0.235. The zero-order valence-corrected chi connectivity index (χ0v) is 13.9. The molecular weight excluding hydrogens is 334 g/mol. The zero-order chi connectivity index (χ0) is 17.4. The van der Waals surface area contributed by atoms with Gasteiger partial charge in [0.2, 0.25) is 0 Å². The SMILES string of the molecule is COCCNC(=O)c1ccccc1Nc1ccc(SC(F)F)cc1. The van der Waals surface area contributed by atoms with Gasteiger partial charge in [0, 0.05) is 24.2 Å². The van der Waals surface area contributed by atoms with Crippen LogP contribution >= 0.6 is 11.8 Å². The molecule has 0 aliphatic rings. The third-order valence-corrected chi connectivity index (χ3v) is 3.84. The van der Waals surface area contributed by atoms with Crippen LogP contribution in [0.3, 0.4) is 0 Å².